The van der Waals surface area contributed by atoms with Crippen LogP contribution in [0.15, 0.2) is 48.5 Å². The van der Waals surface area contributed by atoms with Crippen molar-refractivity contribution in [2.45, 2.75) is 0 Å². The summed E-state index contributed by atoms with van der Waals surface area (Å²) >= 11 is 0. The lowest BCUT2D eigenvalue weighted by atomic mass is 10.2. The van der Waals surface area contributed by atoms with Crippen molar-refractivity contribution in [2.24, 2.45) is 5.73 Å². The van der Waals surface area contributed by atoms with E-state index >= 15 is 0 Å². The van der Waals surface area contributed by atoms with Gasteiger partial charge >= 0.3 is 0 Å². The normalized spacial score (nSPS) is 11.0. The number of ether oxygens (including phenoxy) is 1. The summed E-state index contributed by atoms with van der Waals surface area (Å²) in [6.45, 7) is 0. The molecule has 0 unspecified atom stereocenters. The monoisotopic (exact) mass is 323 g/mol. The zero-order chi connectivity index (χ0) is 16.7. The van der Waals surface area contributed by atoms with Crippen LogP contribution in [0.5, 0.6) is 11.6 Å². The summed E-state index contributed by atoms with van der Waals surface area (Å²) in [4.78, 5) is 11.5. The van der Waals surface area contributed by atoms with Crippen LogP contribution in [0.1, 0.15) is 10.6 Å². The summed E-state index contributed by atoms with van der Waals surface area (Å²) in [6, 6.07) is 13.1. The minimum absolute atomic E-state index is 0.0169. The van der Waals surface area contributed by atoms with E-state index in [4.69, 9.17) is 10.5 Å². The summed E-state index contributed by atoms with van der Waals surface area (Å²) in [6.07, 6.45) is 0. The molecule has 1 amide bonds. The lowest BCUT2D eigenvalue weighted by Gasteiger charge is -2.09. The van der Waals surface area contributed by atoms with Gasteiger partial charge in [-0.25, -0.2) is 4.39 Å². The quantitative estimate of drug-likeness (QED) is 0.624. The topological polar surface area (TPSA) is 95.4 Å². The first kappa shape index (κ1) is 14.1. The summed E-state index contributed by atoms with van der Waals surface area (Å²) < 4.78 is 20.7. The molecule has 4 aromatic rings. The number of amides is 1. The number of para-hydroxylation sites is 1. The average molecular weight is 323 g/mol. The van der Waals surface area contributed by atoms with E-state index in [0.717, 1.165) is 0 Å². The van der Waals surface area contributed by atoms with Crippen LogP contribution in [0.2, 0.25) is 0 Å². The van der Waals surface area contributed by atoms with Gasteiger partial charge in [0, 0.05) is 10.8 Å². The number of carbonyl (C=O) groups excluding carboxylic acids is 1. The number of benzene rings is 2. The number of aromatic nitrogens is 4. The fourth-order valence-electron chi connectivity index (χ4n) is 2.41. The van der Waals surface area contributed by atoms with Crippen molar-refractivity contribution >= 4 is 22.3 Å². The third-order valence-corrected chi connectivity index (χ3v) is 3.49. The molecular formula is C16H10FN5O2. The zero-order valence-electron chi connectivity index (χ0n) is 12.2. The molecule has 118 valence electrons. The van der Waals surface area contributed by atoms with Crippen molar-refractivity contribution in [1.29, 1.82) is 0 Å². The van der Waals surface area contributed by atoms with Crippen LogP contribution in [0.25, 0.3) is 16.4 Å². The Balaban J connectivity index is 2.00. The Morgan fingerprint density at radius 2 is 1.75 bits per heavy atom. The molecular weight excluding hydrogens is 313 g/mol. The molecule has 0 aliphatic heterocycles. The Kier molecular flexibility index (Phi) is 3.09. The fraction of sp³-hybridized carbons (Fsp3) is 0. The minimum atomic E-state index is -0.776. The minimum Gasteiger partial charge on any atom is -0.434 e. The predicted molar refractivity (Wildman–Crippen MR) is 83.3 cm³/mol. The van der Waals surface area contributed by atoms with Gasteiger partial charge < -0.3 is 10.5 Å². The third-order valence-electron chi connectivity index (χ3n) is 3.49. The Bertz CT molecular complexity index is 1090. The highest BCUT2D eigenvalue weighted by atomic mass is 19.1. The number of nitrogens with zero attached hydrogens (tertiary/aromatic N) is 4. The molecule has 0 bridgehead atoms. The van der Waals surface area contributed by atoms with Gasteiger partial charge in [0.1, 0.15) is 0 Å². The predicted octanol–water partition coefficient (Wildman–Crippen LogP) is 2.31. The molecule has 2 N–H and O–H groups in total. The SMILES string of the molecule is NC(=O)c1nnc2c3ccccc3c(Oc3ccccc3F)nn12. The summed E-state index contributed by atoms with van der Waals surface area (Å²) in [5.41, 5.74) is 5.65. The number of rotatable bonds is 3. The van der Waals surface area contributed by atoms with Crippen molar-refractivity contribution < 1.29 is 13.9 Å². The number of primary amides is 1. The Hall–Kier alpha value is -3.55. The summed E-state index contributed by atoms with van der Waals surface area (Å²) in [5.74, 6) is -1.30. The van der Waals surface area contributed by atoms with Crippen molar-refractivity contribution in [3.63, 3.8) is 0 Å². The molecule has 2 aromatic heterocycles. The van der Waals surface area contributed by atoms with Gasteiger partial charge in [-0.05, 0) is 18.2 Å². The van der Waals surface area contributed by atoms with Crippen LogP contribution < -0.4 is 10.5 Å². The molecule has 0 atom stereocenters. The molecule has 0 radical (unpaired) electrons. The number of hydrogen-bond donors (Lipinski definition) is 1. The summed E-state index contributed by atoms with van der Waals surface area (Å²) in [5, 5.41) is 13.2. The highest BCUT2D eigenvalue weighted by Crippen LogP contribution is 2.30. The second kappa shape index (κ2) is 5.27. The molecule has 8 heteroatoms. The van der Waals surface area contributed by atoms with Gasteiger partial charge in [-0.1, -0.05) is 30.3 Å². The van der Waals surface area contributed by atoms with Gasteiger partial charge in [-0.15, -0.1) is 15.3 Å². The molecule has 0 saturated carbocycles. The van der Waals surface area contributed by atoms with Crippen LogP contribution in [0, 0.1) is 5.82 Å². The van der Waals surface area contributed by atoms with Gasteiger partial charge in [0.2, 0.25) is 11.7 Å². The molecule has 7 nitrogen and oxygen atoms in total. The van der Waals surface area contributed by atoms with E-state index in [1.54, 1.807) is 36.4 Å². The van der Waals surface area contributed by atoms with Crippen molar-refractivity contribution in [2.75, 3.05) is 0 Å². The fourth-order valence-corrected chi connectivity index (χ4v) is 2.41. The lowest BCUT2D eigenvalue weighted by molar-refractivity contribution is 0.0988. The van der Waals surface area contributed by atoms with Gasteiger partial charge in [0.05, 0.1) is 0 Å². The molecule has 0 aliphatic carbocycles. The second-order valence-corrected chi connectivity index (χ2v) is 5.01. The molecule has 24 heavy (non-hydrogen) atoms. The van der Waals surface area contributed by atoms with Gasteiger partial charge in [-0.2, -0.15) is 4.52 Å². The second-order valence-electron chi connectivity index (χ2n) is 5.01. The van der Waals surface area contributed by atoms with Crippen molar-refractivity contribution in [3.05, 3.63) is 60.2 Å². The Labute approximate surface area is 134 Å². The van der Waals surface area contributed by atoms with E-state index < -0.39 is 11.7 Å². The van der Waals surface area contributed by atoms with Gasteiger partial charge in [0.15, 0.2) is 17.2 Å². The van der Waals surface area contributed by atoms with E-state index in [9.17, 15) is 9.18 Å². The maximum Gasteiger partial charge on any atom is 0.288 e. The number of nitrogens with two attached hydrogens (primary N) is 1. The smallest absolute Gasteiger partial charge is 0.288 e. The number of halogens is 1. The number of fused-ring (bicyclic) bond motifs is 3. The highest BCUT2D eigenvalue weighted by molar-refractivity contribution is 5.98. The summed E-state index contributed by atoms with van der Waals surface area (Å²) in [7, 11) is 0. The Morgan fingerprint density at radius 3 is 2.50 bits per heavy atom. The van der Waals surface area contributed by atoms with Crippen LogP contribution in [-0.4, -0.2) is 25.7 Å². The van der Waals surface area contributed by atoms with Gasteiger partial charge in [-0.3, -0.25) is 4.79 Å². The molecule has 2 aromatic carbocycles. The number of hydrogen-bond acceptors (Lipinski definition) is 5. The number of carbonyl (C=O) groups is 1. The maximum absolute atomic E-state index is 13.9. The zero-order valence-corrected chi connectivity index (χ0v) is 12.2. The molecule has 0 spiro atoms. The molecule has 2 heterocycles. The first-order valence-corrected chi connectivity index (χ1v) is 7.01. The van der Waals surface area contributed by atoms with Crippen LogP contribution in [-0.2, 0) is 0 Å². The van der Waals surface area contributed by atoms with Crippen molar-refractivity contribution in [3.8, 4) is 11.6 Å². The molecule has 0 fully saturated rings. The van der Waals surface area contributed by atoms with E-state index in [0.29, 0.717) is 16.4 Å². The van der Waals surface area contributed by atoms with E-state index in [1.807, 2.05) is 0 Å². The van der Waals surface area contributed by atoms with Crippen molar-refractivity contribution in [1.82, 2.24) is 19.8 Å². The third kappa shape index (κ3) is 2.12. The van der Waals surface area contributed by atoms with Crippen LogP contribution in [0.4, 0.5) is 4.39 Å². The van der Waals surface area contributed by atoms with E-state index in [1.165, 1.54) is 16.6 Å². The first-order valence-electron chi connectivity index (χ1n) is 7.01. The van der Waals surface area contributed by atoms with Crippen LogP contribution >= 0.6 is 0 Å². The Morgan fingerprint density at radius 1 is 1.04 bits per heavy atom. The lowest BCUT2D eigenvalue weighted by Crippen LogP contribution is -2.16. The standard InChI is InChI=1S/C16H10FN5O2/c17-11-7-3-4-8-12(11)24-16-10-6-2-1-5-9(10)14-19-20-15(13(18)23)22(14)21-16/h1-8H,(H2,18,23). The molecule has 0 aliphatic rings. The largest absolute Gasteiger partial charge is 0.434 e. The first-order chi connectivity index (χ1) is 11.6. The maximum atomic E-state index is 13.9. The molecule has 0 saturated heterocycles. The van der Waals surface area contributed by atoms with Crippen LogP contribution in [0.3, 0.4) is 0 Å². The van der Waals surface area contributed by atoms with Gasteiger partial charge in [0.25, 0.3) is 5.91 Å². The average Bonchev–Trinajstić information content (AvgIpc) is 3.01. The molecule has 4 rings (SSSR count). The highest BCUT2D eigenvalue weighted by Gasteiger charge is 2.18. The van der Waals surface area contributed by atoms with E-state index in [-0.39, 0.29) is 17.5 Å². The van der Waals surface area contributed by atoms with E-state index in [2.05, 4.69) is 15.3 Å².